The molecule has 0 radical (unpaired) electrons. The number of hydrogen-bond acceptors (Lipinski definition) is 4. The molecule has 1 aromatic heterocycles. The molecule has 96 valence electrons. The number of aromatic nitrogens is 3. The first-order chi connectivity index (χ1) is 8.79. The number of aryl methyl sites for hydroxylation is 1. The summed E-state index contributed by atoms with van der Waals surface area (Å²) >= 11 is 0. The highest BCUT2D eigenvalue weighted by atomic mass is 16.5. The molecule has 0 fully saturated rings. The summed E-state index contributed by atoms with van der Waals surface area (Å²) in [5, 5.41) is 8.05. The molecule has 0 aliphatic rings. The maximum Gasteiger partial charge on any atom is 0.122 e. The Hall–Kier alpha value is -1.88. The van der Waals surface area contributed by atoms with Gasteiger partial charge in [-0.1, -0.05) is 23.4 Å². The van der Waals surface area contributed by atoms with Gasteiger partial charge in [0.2, 0.25) is 0 Å². The van der Waals surface area contributed by atoms with E-state index in [-0.39, 0.29) is 0 Å². The lowest BCUT2D eigenvalue weighted by molar-refractivity contribution is 0.288. The second-order valence-corrected chi connectivity index (χ2v) is 4.13. The third-order valence-corrected chi connectivity index (χ3v) is 2.66. The lowest BCUT2D eigenvalue weighted by Crippen LogP contribution is -2.09. The molecular weight excluding hydrogens is 228 g/mol. The first-order valence-electron chi connectivity index (χ1n) is 6.07. The zero-order valence-corrected chi connectivity index (χ0v) is 10.5. The third-order valence-electron chi connectivity index (χ3n) is 2.66. The lowest BCUT2D eigenvalue weighted by atomic mass is 10.2. The van der Waals surface area contributed by atoms with Crippen LogP contribution in [0, 0.1) is 6.92 Å². The Balaban J connectivity index is 1.83. The summed E-state index contributed by atoms with van der Waals surface area (Å²) in [7, 11) is 0. The molecule has 0 aliphatic heterocycles. The normalized spacial score (nSPS) is 10.6. The maximum absolute atomic E-state index is 5.70. The van der Waals surface area contributed by atoms with E-state index >= 15 is 0 Å². The van der Waals surface area contributed by atoms with Crippen LogP contribution in [0.15, 0.2) is 30.5 Å². The molecule has 5 heteroatoms. The van der Waals surface area contributed by atoms with Gasteiger partial charge in [-0.25, -0.2) is 4.68 Å². The Kier molecular flexibility index (Phi) is 4.30. The van der Waals surface area contributed by atoms with Crippen molar-refractivity contribution in [3.05, 3.63) is 41.7 Å². The third kappa shape index (κ3) is 3.30. The summed E-state index contributed by atoms with van der Waals surface area (Å²) in [6.07, 6.45) is 2.67. The maximum atomic E-state index is 5.70. The summed E-state index contributed by atoms with van der Waals surface area (Å²) in [4.78, 5) is 0. The van der Waals surface area contributed by atoms with Gasteiger partial charge in [-0.3, -0.25) is 0 Å². The van der Waals surface area contributed by atoms with Crippen LogP contribution in [-0.4, -0.2) is 28.1 Å². The van der Waals surface area contributed by atoms with Crippen LogP contribution < -0.4 is 10.5 Å². The Morgan fingerprint density at radius 3 is 2.94 bits per heavy atom. The predicted molar refractivity (Wildman–Crippen MR) is 69.5 cm³/mol. The lowest BCUT2D eigenvalue weighted by Gasteiger charge is -2.08. The largest absolute Gasteiger partial charge is 0.491 e. The molecule has 0 saturated heterocycles. The van der Waals surface area contributed by atoms with Crippen molar-refractivity contribution in [2.45, 2.75) is 19.9 Å². The number of ether oxygens (including phenoxy) is 1. The van der Waals surface area contributed by atoms with Crippen molar-refractivity contribution in [2.75, 3.05) is 13.2 Å². The Bertz CT molecular complexity index is 495. The highest BCUT2D eigenvalue weighted by molar-refractivity contribution is 5.31. The van der Waals surface area contributed by atoms with Crippen LogP contribution >= 0.6 is 0 Å². The standard InChI is InChI=1S/C13H18N4O/c1-11-4-2-3-5-13(11)18-9-8-17-10-12(6-7-14)15-16-17/h2-5,10H,6-9,14H2,1H3. The SMILES string of the molecule is Cc1ccccc1OCCn1cc(CCN)nn1. The van der Waals surface area contributed by atoms with Gasteiger partial charge in [-0.05, 0) is 25.1 Å². The molecule has 0 bridgehead atoms. The first kappa shape index (κ1) is 12.6. The summed E-state index contributed by atoms with van der Waals surface area (Å²) in [6, 6.07) is 7.97. The zero-order valence-electron chi connectivity index (χ0n) is 10.5. The van der Waals surface area contributed by atoms with E-state index in [1.54, 1.807) is 4.68 Å². The molecule has 0 unspecified atom stereocenters. The number of nitrogens with zero attached hydrogens (tertiary/aromatic N) is 3. The van der Waals surface area contributed by atoms with Crippen molar-refractivity contribution < 1.29 is 4.74 Å². The van der Waals surface area contributed by atoms with Crippen molar-refractivity contribution in [3.8, 4) is 5.75 Å². The second kappa shape index (κ2) is 6.16. The van der Waals surface area contributed by atoms with Crippen LogP contribution in [0.2, 0.25) is 0 Å². The Labute approximate surface area is 107 Å². The molecule has 0 aliphatic carbocycles. The summed E-state index contributed by atoms with van der Waals surface area (Å²) in [5.74, 6) is 0.916. The number of para-hydroxylation sites is 1. The molecule has 1 heterocycles. The minimum absolute atomic E-state index is 0.580. The van der Waals surface area contributed by atoms with Gasteiger partial charge in [0.25, 0.3) is 0 Å². The molecule has 5 nitrogen and oxygen atoms in total. The fourth-order valence-corrected chi connectivity index (χ4v) is 1.68. The number of rotatable bonds is 6. The van der Waals surface area contributed by atoms with E-state index < -0.39 is 0 Å². The predicted octanol–water partition coefficient (Wildman–Crippen LogP) is 1.17. The van der Waals surface area contributed by atoms with Gasteiger partial charge < -0.3 is 10.5 Å². The summed E-state index contributed by atoms with van der Waals surface area (Å²) in [5.41, 5.74) is 7.52. The van der Waals surface area contributed by atoms with Gasteiger partial charge in [0.15, 0.2) is 0 Å². The van der Waals surface area contributed by atoms with Crippen molar-refractivity contribution in [1.82, 2.24) is 15.0 Å². The molecular formula is C13H18N4O. The van der Waals surface area contributed by atoms with Crippen molar-refractivity contribution in [2.24, 2.45) is 5.73 Å². The van der Waals surface area contributed by atoms with Crippen LogP contribution in [0.1, 0.15) is 11.3 Å². The van der Waals surface area contributed by atoms with Crippen molar-refractivity contribution in [1.29, 1.82) is 0 Å². The van der Waals surface area contributed by atoms with E-state index in [9.17, 15) is 0 Å². The van der Waals surface area contributed by atoms with Gasteiger partial charge >= 0.3 is 0 Å². The van der Waals surface area contributed by atoms with E-state index in [1.807, 2.05) is 37.4 Å². The number of hydrogen-bond donors (Lipinski definition) is 1. The average molecular weight is 246 g/mol. The molecule has 0 amide bonds. The molecule has 0 spiro atoms. The molecule has 2 aromatic rings. The Morgan fingerprint density at radius 1 is 1.33 bits per heavy atom. The Morgan fingerprint density at radius 2 is 2.17 bits per heavy atom. The average Bonchev–Trinajstić information content (AvgIpc) is 2.80. The number of nitrogens with two attached hydrogens (primary N) is 1. The number of benzene rings is 1. The highest BCUT2D eigenvalue weighted by Gasteiger charge is 2.01. The van der Waals surface area contributed by atoms with Crippen LogP contribution in [0.3, 0.4) is 0 Å². The molecule has 0 saturated carbocycles. The summed E-state index contributed by atoms with van der Waals surface area (Å²) in [6.45, 7) is 3.89. The highest BCUT2D eigenvalue weighted by Crippen LogP contribution is 2.15. The minimum Gasteiger partial charge on any atom is -0.491 e. The van der Waals surface area contributed by atoms with Gasteiger partial charge in [0, 0.05) is 12.6 Å². The molecule has 2 N–H and O–H groups in total. The zero-order chi connectivity index (χ0) is 12.8. The molecule has 2 rings (SSSR count). The van der Waals surface area contributed by atoms with E-state index in [1.165, 1.54) is 0 Å². The monoisotopic (exact) mass is 246 g/mol. The van der Waals surface area contributed by atoms with Crippen LogP contribution in [0.4, 0.5) is 0 Å². The van der Waals surface area contributed by atoms with Crippen molar-refractivity contribution in [3.63, 3.8) is 0 Å². The van der Waals surface area contributed by atoms with E-state index in [0.717, 1.165) is 23.4 Å². The fraction of sp³-hybridized carbons (Fsp3) is 0.385. The molecule has 18 heavy (non-hydrogen) atoms. The van der Waals surface area contributed by atoms with E-state index in [0.29, 0.717) is 19.7 Å². The fourth-order valence-electron chi connectivity index (χ4n) is 1.68. The topological polar surface area (TPSA) is 66.0 Å². The quantitative estimate of drug-likeness (QED) is 0.830. The van der Waals surface area contributed by atoms with Crippen LogP contribution in [0.25, 0.3) is 0 Å². The van der Waals surface area contributed by atoms with Crippen LogP contribution in [0.5, 0.6) is 5.75 Å². The van der Waals surface area contributed by atoms with E-state index in [2.05, 4.69) is 10.3 Å². The molecule has 0 atom stereocenters. The first-order valence-corrected chi connectivity index (χ1v) is 6.07. The summed E-state index contributed by atoms with van der Waals surface area (Å²) < 4.78 is 7.48. The van der Waals surface area contributed by atoms with Gasteiger partial charge in [0.05, 0.1) is 12.2 Å². The second-order valence-electron chi connectivity index (χ2n) is 4.13. The van der Waals surface area contributed by atoms with Crippen molar-refractivity contribution >= 4 is 0 Å². The van der Waals surface area contributed by atoms with Crippen LogP contribution in [-0.2, 0) is 13.0 Å². The van der Waals surface area contributed by atoms with Gasteiger partial charge in [0.1, 0.15) is 12.4 Å². The minimum atomic E-state index is 0.580. The smallest absolute Gasteiger partial charge is 0.122 e. The van der Waals surface area contributed by atoms with Gasteiger partial charge in [-0.2, -0.15) is 0 Å². The van der Waals surface area contributed by atoms with E-state index in [4.69, 9.17) is 10.5 Å². The van der Waals surface area contributed by atoms with Gasteiger partial charge in [-0.15, -0.1) is 5.10 Å². The molecule has 1 aromatic carbocycles.